The summed E-state index contributed by atoms with van der Waals surface area (Å²) in [6, 6.07) is 1.59. The van der Waals surface area contributed by atoms with Crippen LogP contribution in [0, 0.1) is 11.3 Å². The number of nitrogens with one attached hydrogen (secondary N) is 1. The second kappa shape index (κ2) is 4.82. The summed E-state index contributed by atoms with van der Waals surface area (Å²) in [7, 11) is -3.87. The van der Waals surface area contributed by atoms with Crippen LogP contribution in [-0.4, -0.2) is 23.6 Å². The maximum absolute atomic E-state index is 11.5. The quantitative estimate of drug-likeness (QED) is 0.845. The van der Waals surface area contributed by atoms with Crippen LogP contribution in [0.4, 0.5) is 5.69 Å². The number of hydrogen-bond acceptors (Lipinski definition) is 5. The highest BCUT2D eigenvalue weighted by atomic mass is 35.5. The smallest absolute Gasteiger partial charge is 0.249 e. The van der Waals surface area contributed by atoms with Gasteiger partial charge in [0, 0.05) is 0 Å². The molecular weight excluding hydrogens is 275 g/mol. The summed E-state index contributed by atoms with van der Waals surface area (Å²) in [6.45, 7) is 1.23. The molecular formula is C7H6Cl2N4O2S. The van der Waals surface area contributed by atoms with E-state index in [0.717, 1.165) is 6.33 Å². The second-order valence-corrected chi connectivity index (χ2v) is 5.47. The molecule has 0 aliphatic heterocycles. The van der Waals surface area contributed by atoms with E-state index in [1.807, 2.05) is 0 Å². The second-order valence-electron chi connectivity index (χ2n) is 2.75. The number of anilines is 1. The molecule has 1 heterocycles. The van der Waals surface area contributed by atoms with Crippen molar-refractivity contribution in [1.82, 2.24) is 9.97 Å². The normalized spacial score (nSPS) is 12.9. The predicted molar refractivity (Wildman–Crippen MR) is 59.7 cm³/mol. The van der Waals surface area contributed by atoms with Gasteiger partial charge in [0.05, 0.1) is 6.07 Å². The summed E-state index contributed by atoms with van der Waals surface area (Å²) >= 11 is 11.3. The van der Waals surface area contributed by atoms with Crippen molar-refractivity contribution in [3.63, 3.8) is 0 Å². The first-order chi connectivity index (χ1) is 7.38. The fraction of sp³-hybridized carbons (Fsp3) is 0.286. The van der Waals surface area contributed by atoms with Crippen LogP contribution in [0.5, 0.6) is 0 Å². The SMILES string of the molecule is CC(C#N)S(=O)(=O)Nc1c(Cl)ncnc1Cl. The third kappa shape index (κ3) is 2.72. The highest BCUT2D eigenvalue weighted by molar-refractivity contribution is 7.93. The number of aromatic nitrogens is 2. The first-order valence-corrected chi connectivity index (χ1v) is 6.26. The van der Waals surface area contributed by atoms with Crippen LogP contribution in [-0.2, 0) is 10.0 Å². The summed E-state index contributed by atoms with van der Waals surface area (Å²) < 4.78 is 25.1. The Balaban J connectivity index is 3.12. The molecule has 0 spiro atoms. The molecule has 1 aromatic heterocycles. The Hall–Kier alpha value is -1.10. The molecule has 1 atom stereocenters. The highest BCUT2D eigenvalue weighted by Gasteiger charge is 2.23. The standard InChI is InChI=1S/C7H6Cl2N4O2S/c1-4(2-10)16(14,15)13-5-6(8)11-3-12-7(5)9/h3-4,13H,1H3. The van der Waals surface area contributed by atoms with Gasteiger partial charge in [-0.15, -0.1) is 0 Å². The molecule has 0 saturated heterocycles. The molecule has 1 unspecified atom stereocenters. The van der Waals surface area contributed by atoms with Crippen LogP contribution in [0.1, 0.15) is 6.92 Å². The number of nitriles is 1. The van der Waals surface area contributed by atoms with Crippen LogP contribution >= 0.6 is 23.2 Å². The molecule has 9 heteroatoms. The topological polar surface area (TPSA) is 95.7 Å². The first-order valence-electron chi connectivity index (χ1n) is 3.95. The van der Waals surface area contributed by atoms with Gasteiger partial charge in [-0.05, 0) is 6.92 Å². The predicted octanol–water partition coefficient (Wildman–Crippen LogP) is 1.44. The molecule has 0 fully saturated rings. The van der Waals surface area contributed by atoms with Crippen molar-refractivity contribution in [3.8, 4) is 6.07 Å². The Morgan fingerprint density at radius 2 is 1.94 bits per heavy atom. The number of rotatable bonds is 3. The molecule has 0 bridgehead atoms. The van der Waals surface area contributed by atoms with Crippen molar-refractivity contribution < 1.29 is 8.42 Å². The summed E-state index contributed by atoms with van der Waals surface area (Å²) in [5.41, 5.74) is -0.132. The molecule has 1 N–H and O–H groups in total. The van der Waals surface area contributed by atoms with Gasteiger partial charge >= 0.3 is 0 Å². The highest BCUT2D eigenvalue weighted by Crippen LogP contribution is 2.27. The van der Waals surface area contributed by atoms with Gasteiger partial charge < -0.3 is 0 Å². The minimum Gasteiger partial charge on any atom is -0.276 e. The van der Waals surface area contributed by atoms with Gasteiger partial charge in [0.2, 0.25) is 10.0 Å². The monoisotopic (exact) mass is 280 g/mol. The molecule has 1 rings (SSSR count). The largest absolute Gasteiger partial charge is 0.276 e. The van der Waals surface area contributed by atoms with Gasteiger partial charge in [0.15, 0.2) is 15.6 Å². The van der Waals surface area contributed by atoms with Gasteiger partial charge in [0.1, 0.15) is 12.0 Å². The maximum atomic E-state index is 11.5. The zero-order chi connectivity index (χ0) is 12.3. The van der Waals surface area contributed by atoms with Gasteiger partial charge in [-0.1, -0.05) is 23.2 Å². The zero-order valence-corrected chi connectivity index (χ0v) is 10.3. The Labute approximate surface area is 102 Å². The van der Waals surface area contributed by atoms with Crippen LogP contribution in [0.25, 0.3) is 0 Å². The molecule has 0 radical (unpaired) electrons. The number of nitrogens with zero attached hydrogens (tertiary/aromatic N) is 3. The summed E-state index contributed by atoms with van der Waals surface area (Å²) in [4.78, 5) is 7.14. The molecule has 0 aliphatic rings. The van der Waals surface area contributed by atoms with E-state index in [2.05, 4.69) is 14.7 Å². The minimum atomic E-state index is -3.87. The van der Waals surface area contributed by atoms with Crippen LogP contribution in [0.3, 0.4) is 0 Å². The molecule has 16 heavy (non-hydrogen) atoms. The lowest BCUT2D eigenvalue weighted by Gasteiger charge is -2.10. The Morgan fingerprint density at radius 3 is 2.38 bits per heavy atom. The summed E-state index contributed by atoms with van der Waals surface area (Å²) in [5.74, 6) is 0. The third-order valence-electron chi connectivity index (χ3n) is 1.65. The zero-order valence-electron chi connectivity index (χ0n) is 7.98. The lowest BCUT2D eigenvalue weighted by molar-refractivity contribution is 0.597. The number of hydrogen-bond donors (Lipinski definition) is 1. The van der Waals surface area contributed by atoms with Crippen molar-refractivity contribution in [2.24, 2.45) is 0 Å². The van der Waals surface area contributed by atoms with Crippen molar-refractivity contribution in [1.29, 1.82) is 5.26 Å². The third-order valence-corrected chi connectivity index (χ3v) is 3.74. The van der Waals surface area contributed by atoms with E-state index in [0.29, 0.717) is 0 Å². The van der Waals surface area contributed by atoms with Crippen LogP contribution in [0.15, 0.2) is 6.33 Å². The van der Waals surface area contributed by atoms with Gasteiger partial charge in [-0.25, -0.2) is 18.4 Å². The number of halogens is 2. The lowest BCUT2D eigenvalue weighted by atomic mass is 10.5. The van der Waals surface area contributed by atoms with E-state index in [1.165, 1.54) is 6.92 Å². The van der Waals surface area contributed by atoms with E-state index in [4.69, 9.17) is 28.5 Å². The van der Waals surface area contributed by atoms with E-state index in [9.17, 15) is 8.42 Å². The van der Waals surface area contributed by atoms with E-state index in [1.54, 1.807) is 6.07 Å². The maximum Gasteiger partial charge on any atom is 0.249 e. The fourth-order valence-corrected chi connectivity index (χ4v) is 2.04. The lowest BCUT2D eigenvalue weighted by Crippen LogP contribution is -2.24. The summed E-state index contributed by atoms with van der Waals surface area (Å²) in [5, 5.41) is 7.02. The molecule has 0 aromatic carbocycles. The van der Waals surface area contributed by atoms with Gasteiger partial charge in [0.25, 0.3) is 0 Å². The van der Waals surface area contributed by atoms with Crippen molar-refractivity contribution >= 4 is 38.9 Å². The molecule has 1 aromatic rings. The van der Waals surface area contributed by atoms with Crippen LogP contribution < -0.4 is 4.72 Å². The van der Waals surface area contributed by atoms with E-state index < -0.39 is 15.3 Å². The van der Waals surface area contributed by atoms with E-state index in [-0.39, 0.29) is 16.0 Å². The Morgan fingerprint density at radius 1 is 1.44 bits per heavy atom. The molecule has 0 saturated carbocycles. The Bertz CT molecular complexity index is 520. The molecule has 0 aliphatic carbocycles. The molecule has 0 amide bonds. The van der Waals surface area contributed by atoms with E-state index >= 15 is 0 Å². The van der Waals surface area contributed by atoms with Crippen LogP contribution in [0.2, 0.25) is 10.3 Å². The van der Waals surface area contributed by atoms with Crippen molar-refractivity contribution in [3.05, 3.63) is 16.6 Å². The number of sulfonamides is 1. The first kappa shape index (κ1) is 13.0. The average molecular weight is 281 g/mol. The van der Waals surface area contributed by atoms with Gasteiger partial charge in [-0.3, -0.25) is 4.72 Å². The molecule has 6 nitrogen and oxygen atoms in total. The van der Waals surface area contributed by atoms with Gasteiger partial charge in [-0.2, -0.15) is 5.26 Å². The van der Waals surface area contributed by atoms with Crippen molar-refractivity contribution in [2.45, 2.75) is 12.2 Å². The average Bonchev–Trinajstić information content (AvgIpc) is 2.22. The fourth-order valence-electron chi connectivity index (χ4n) is 0.729. The summed E-state index contributed by atoms with van der Waals surface area (Å²) in [6.07, 6.45) is 1.09. The Kier molecular flexibility index (Phi) is 3.91. The minimum absolute atomic E-state index is 0.131. The molecule has 86 valence electrons. The van der Waals surface area contributed by atoms with Crippen molar-refractivity contribution in [2.75, 3.05) is 4.72 Å².